The average molecular weight is 270 g/mol. The van der Waals surface area contributed by atoms with Crippen LogP contribution < -0.4 is 5.32 Å². The number of carbonyl (C=O) groups is 2. The Balaban J connectivity index is 2.28. The summed E-state index contributed by atoms with van der Waals surface area (Å²) in [5, 5.41) is 11.9. The Kier molecular flexibility index (Phi) is 3.75. The van der Waals surface area contributed by atoms with Gasteiger partial charge in [0.1, 0.15) is 17.7 Å². The number of halogens is 2. The fourth-order valence-electron chi connectivity index (χ4n) is 1.99. The minimum absolute atomic E-state index is 0.101. The van der Waals surface area contributed by atoms with Gasteiger partial charge in [0.15, 0.2) is 0 Å². The third-order valence-corrected chi connectivity index (χ3v) is 2.95. The van der Waals surface area contributed by atoms with Crippen LogP contribution in [0.5, 0.6) is 0 Å². The molecule has 1 saturated heterocycles. The van der Waals surface area contributed by atoms with Gasteiger partial charge >= 0.3 is 5.97 Å². The van der Waals surface area contributed by atoms with Gasteiger partial charge in [0, 0.05) is 25.7 Å². The molecule has 1 aliphatic heterocycles. The molecule has 0 radical (unpaired) electrons. The first-order valence-corrected chi connectivity index (χ1v) is 5.70. The van der Waals surface area contributed by atoms with Gasteiger partial charge in [0.25, 0.3) is 5.91 Å². The molecule has 0 bridgehead atoms. The number of benzene rings is 1. The summed E-state index contributed by atoms with van der Waals surface area (Å²) in [6.45, 7) is 0.689. The molecular formula is C12H12F2N2O3. The first-order valence-electron chi connectivity index (χ1n) is 5.70. The molecule has 0 aromatic heterocycles. The maximum absolute atomic E-state index is 13.5. The van der Waals surface area contributed by atoms with Gasteiger partial charge in [-0.15, -0.1) is 0 Å². The van der Waals surface area contributed by atoms with Gasteiger partial charge in [-0.3, -0.25) is 4.79 Å². The van der Waals surface area contributed by atoms with Crippen LogP contribution in [0.4, 0.5) is 8.78 Å². The molecule has 0 spiro atoms. The minimum atomic E-state index is -1.16. The third kappa shape index (κ3) is 2.70. The number of amides is 1. The molecule has 1 unspecified atom stereocenters. The molecule has 1 fully saturated rings. The van der Waals surface area contributed by atoms with E-state index in [4.69, 9.17) is 5.11 Å². The first-order chi connectivity index (χ1) is 9.00. The number of nitrogens with one attached hydrogen (secondary N) is 1. The lowest BCUT2D eigenvalue weighted by molar-refractivity contribution is -0.142. The highest BCUT2D eigenvalue weighted by atomic mass is 19.1. The second-order valence-electron chi connectivity index (χ2n) is 4.18. The van der Waals surface area contributed by atoms with Crippen LogP contribution in [0, 0.1) is 11.6 Å². The van der Waals surface area contributed by atoms with Gasteiger partial charge in [-0.2, -0.15) is 0 Å². The van der Waals surface area contributed by atoms with Crippen LogP contribution in [0.2, 0.25) is 0 Å². The number of carboxylic acids is 1. The van der Waals surface area contributed by atoms with Crippen molar-refractivity contribution < 1.29 is 23.5 Å². The van der Waals surface area contributed by atoms with Crippen LogP contribution in [-0.4, -0.2) is 47.6 Å². The fraction of sp³-hybridized carbons (Fsp3) is 0.333. The van der Waals surface area contributed by atoms with Gasteiger partial charge in [0.2, 0.25) is 0 Å². The van der Waals surface area contributed by atoms with E-state index in [9.17, 15) is 18.4 Å². The lowest BCUT2D eigenvalue weighted by Gasteiger charge is -2.33. The summed E-state index contributed by atoms with van der Waals surface area (Å²) in [5.41, 5.74) is -0.324. The fourth-order valence-corrected chi connectivity index (χ4v) is 1.99. The van der Waals surface area contributed by atoms with Crippen molar-refractivity contribution in [1.29, 1.82) is 0 Å². The van der Waals surface area contributed by atoms with Gasteiger partial charge < -0.3 is 15.3 Å². The molecule has 1 aromatic rings. The summed E-state index contributed by atoms with van der Waals surface area (Å²) in [6, 6.07) is 1.54. The smallest absolute Gasteiger partial charge is 0.327 e. The second kappa shape index (κ2) is 5.31. The number of carbonyl (C=O) groups excluding carboxylic acids is 1. The van der Waals surface area contributed by atoms with Gasteiger partial charge in [0.05, 0.1) is 5.56 Å². The highest BCUT2D eigenvalue weighted by Gasteiger charge is 2.33. The normalized spacial score (nSPS) is 19.3. The molecule has 2 N–H and O–H groups in total. The standard InChI is InChI=1S/C12H12F2N2O3/c13-7-1-2-8(9(14)5-7)11(17)16-4-3-15-6-10(16)12(18)19/h1-2,5,10,15H,3-4,6H2,(H,18,19). The summed E-state index contributed by atoms with van der Waals surface area (Å²) in [5.74, 6) is -3.69. The molecule has 2 rings (SSSR count). The van der Waals surface area contributed by atoms with E-state index in [1.54, 1.807) is 0 Å². The molecule has 1 heterocycles. The summed E-state index contributed by atoms with van der Waals surface area (Å²) < 4.78 is 26.3. The van der Waals surface area contributed by atoms with Gasteiger partial charge in [-0.25, -0.2) is 13.6 Å². The Bertz CT molecular complexity index is 522. The quantitative estimate of drug-likeness (QED) is 0.819. The maximum atomic E-state index is 13.5. The minimum Gasteiger partial charge on any atom is -0.480 e. The monoisotopic (exact) mass is 270 g/mol. The summed E-state index contributed by atoms with van der Waals surface area (Å²) in [7, 11) is 0. The van der Waals surface area contributed by atoms with Crippen molar-refractivity contribution in [3.63, 3.8) is 0 Å². The van der Waals surface area contributed by atoms with Crippen LogP contribution in [0.1, 0.15) is 10.4 Å². The van der Waals surface area contributed by atoms with E-state index in [2.05, 4.69) is 5.32 Å². The van der Waals surface area contributed by atoms with Crippen LogP contribution in [0.15, 0.2) is 18.2 Å². The Hall–Kier alpha value is -2.02. The van der Waals surface area contributed by atoms with Crippen molar-refractivity contribution in [3.8, 4) is 0 Å². The highest BCUT2D eigenvalue weighted by Crippen LogP contribution is 2.15. The molecule has 5 nitrogen and oxygen atoms in total. The average Bonchev–Trinajstić information content (AvgIpc) is 2.38. The lowest BCUT2D eigenvalue weighted by Crippen LogP contribution is -2.57. The molecule has 102 valence electrons. The molecule has 0 saturated carbocycles. The molecule has 19 heavy (non-hydrogen) atoms. The van der Waals surface area contributed by atoms with E-state index in [1.807, 2.05) is 0 Å². The molecule has 1 amide bonds. The van der Waals surface area contributed by atoms with Crippen molar-refractivity contribution in [3.05, 3.63) is 35.4 Å². The molecule has 7 heteroatoms. The molecule has 1 aliphatic rings. The largest absolute Gasteiger partial charge is 0.480 e. The van der Waals surface area contributed by atoms with Crippen molar-refractivity contribution in [2.75, 3.05) is 19.6 Å². The number of nitrogens with zero attached hydrogens (tertiary/aromatic N) is 1. The van der Waals surface area contributed by atoms with Crippen molar-refractivity contribution >= 4 is 11.9 Å². The van der Waals surface area contributed by atoms with Gasteiger partial charge in [-0.1, -0.05) is 0 Å². The van der Waals surface area contributed by atoms with Gasteiger partial charge in [-0.05, 0) is 12.1 Å². The molecule has 1 atom stereocenters. The summed E-state index contributed by atoms with van der Waals surface area (Å²) in [6.07, 6.45) is 0. The lowest BCUT2D eigenvalue weighted by atomic mass is 10.1. The Morgan fingerprint density at radius 1 is 1.37 bits per heavy atom. The summed E-state index contributed by atoms with van der Waals surface area (Å²) in [4.78, 5) is 24.2. The topological polar surface area (TPSA) is 69.6 Å². The number of piperazine rings is 1. The first kappa shape index (κ1) is 13.4. The van der Waals surface area contributed by atoms with E-state index in [0.717, 1.165) is 17.0 Å². The van der Waals surface area contributed by atoms with Crippen LogP contribution in [-0.2, 0) is 4.79 Å². The third-order valence-electron chi connectivity index (χ3n) is 2.95. The van der Waals surface area contributed by atoms with Crippen molar-refractivity contribution in [1.82, 2.24) is 10.2 Å². The zero-order chi connectivity index (χ0) is 14.0. The number of aliphatic carboxylic acids is 1. The Morgan fingerprint density at radius 2 is 2.11 bits per heavy atom. The number of carboxylic acid groups (broad SMARTS) is 1. The summed E-state index contributed by atoms with van der Waals surface area (Å²) >= 11 is 0. The highest BCUT2D eigenvalue weighted by molar-refractivity contribution is 5.97. The number of rotatable bonds is 2. The number of hydrogen-bond acceptors (Lipinski definition) is 3. The van der Waals surface area contributed by atoms with Crippen molar-refractivity contribution in [2.24, 2.45) is 0 Å². The molecular weight excluding hydrogens is 258 g/mol. The zero-order valence-corrected chi connectivity index (χ0v) is 9.90. The van der Waals surface area contributed by atoms with E-state index < -0.39 is 29.6 Å². The van der Waals surface area contributed by atoms with Crippen LogP contribution in [0.25, 0.3) is 0 Å². The van der Waals surface area contributed by atoms with E-state index in [-0.39, 0.29) is 18.7 Å². The second-order valence-corrected chi connectivity index (χ2v) is 4.18. The van der Waals surface area contributed by atoms with E-state index in [1.165, 1.54) is 0 Å². The SMILES string of the molecule is O=C(O)C1CNCCN1C(=O)c1ccc(F)cc1F. The predicted octanol–water partition coefficient (Wildman–Crippen LogP) is 0.463. The Morgan fingerprint density at radius 3 is 2.74 bits per heavy atom. The molecule has 1 aromatic carbocycles. The maximum Gasteiger partial charge on any atom is 0.327 e. The molecule has 0 aliphatic carbocycles. The van der Waals surface area contributed by atoms with Crippen LogP contribution >= 0.6 is 0 Å². The Labute approximate surface area is 107 Å². The van der Waals surface area contributed by atoms with E-state index in [0.29, 0.717) is 12.6 Å². The predicted molar refractivity (Wildman–Crippen MR) is 61.7 cm³/mol. The van der Waals surface area contributed by atoms with E-state index >= 15 is 0 Å². The number of hydrogen-bond donors (Lipinski definition) is 2. The van der Waals surface area contributed by atoms with Crippen LogP contribution in [0.3, 0.4) is 0 Å². The van der Waals surface area contributed by atoms with Crippen molar-refractivity contribution in [2.45, 2.75) is 6.04 Å². The zero-order valence-electron chi connectivity index (χ0n) is 9.90.